The maximum atomic E-state index is 12.6. The number of alkyl halides is 3. The van der Waals surface area contributed by atoms with Crippen LogP contribution >= 0.6 is 23.1 Å². The van der Waals surface area contributed by atoms with E-state index >= 15 is 0 Å². The predicted molar refractivity (Wildman–Crippen MR) is 102 cm³/mol. The maximum absolute atomic E-state index is 12.6. The molecule has 0 aliphatic heterocycles. The maximum Gasteiger partial charge on any atom is 0.416 e. The number of carbonyl (C=O) groups excluding carboxylic acids is 1. The molecule has 0 saturated heterocycles. The first-order chi connectivity index (χ1) is 13.7. The minimum absolute atomic E-state index is 0.126. The Morgan fingerprint density at radius 3 is 2.34 bits per heavy atom. The van der Waals surface area contributed by atoms with Gasteiger partial charge in [0, 0.05) is 23.4 Å². The SMILES string of the molecule is O=C(Nc1nnc(SCc2ccc(C(F)(F)F)cc2)s1)c1ccc([N+](=O)[O-])cc1. The Balaban J connectivity index is 1.56. The van der Waals surface area contributed by atoms with Gasteiger partial charge in [-0.2, -0.15) is 13.2 Å². The minimum Gasteiger partial charge on any atom is -0.296 e. The number of anilines is 1. The smallest absolute Gasteiger partial charge is 0.296 e. The number of carbonyl (C=O) groups is 1. The van der Waals surface area contributed by atoms with Gasteiger partial charge in [0.15, 0.2) is 4.34 Å². The van der Waals surface area contributed by atoms with Gasteiger partial charge in [-0.15, -0.1) is 10.2 Å². The zero-order chi connectivity index (χ0) is 21.0. The van der Waals surface area contributed by atoms with Crippen LogP contribution in [0.1, 0.15) is 21.5 Å². The second kappa shape index (κ2) is 8.57. The molecule has 12 heteroatoms. The molecule has 1 heterocycles. The second-order valence-electron chi connectivity index (χ2n) is 5.61. The van der Waals surface area contributed by atoms with Gasteiger partial charge >= 0.3 is 6.18 Å². The lowest BCUT2D eigenvalue weighted by Gasteiger charge is -2.06. The average Bonchev–Trinajstić information content (AvgIpc) is 3.13. The molecule has 0 fully saturated rings. The van der Waals surface area contributed by atoms with Crippen LogP contribution in [-0.4, -0.2) is 21.0 Å². The number of nitrogens with one attached hydrogen (secondary N) is 1. The molecule has 1 aromatic heterocycles. The lowest BCUT2D eigenvalue weighted by molar-refractivity contribution is -0.384. The van der Waals surface area contributed by atoms with Crippen molar-refractivity contribution in [1.82, 2.24) is 10.2 Å². The van der Waals surface area contributed by atoms with E-state index in [9.17, 15) is 28.1 Å². The number of hydrogen-bond acceptors (Lipinski definition) is 7. The molecule has 0 saturated carbocycles. The number of nitro groups is 1. The van der Waals surface area contributed by atoms with Gasteiger partial charge in [0.05, 0.1) is 10.5 Å². The van der Waals surface area contributed by atoms with Gasteiger partial charge in [-0.05, 0) is 29.8 Å². The van der Waals surface area contributed by atoms with E-state index < -0.39 is 22.6 Å². The standard InChI is InChI=1S/C17H11F3N4O3S2/c18-17(19,20)12-5-1-10(2-6-12)9-28-16-23-22-15(29-16)21-14(25)11-3-7-13(8-4-11)24(26)27/h1-8H,9H2,(H,21,22,25). The summed E-state index contributed by atoms with van der Waals surface area (Å²) in [4.78, 5) is 22.2. The first kappa shape index (κ1) is 20.7. The fraction of sp³-hybridized carbons (Fsp3) is 0.118. The molecule has 150 valence electrons. The van der Waals surface area contributed by atoms with Gasteiger partial charge in [-0.1, -0.05) is 35.2 Å². The van der Waals surface area contributed by atoms with Gasteiger partial charge in [-0.25, -0.2) is 0 Å². The van der Waals surface area contributed by atoms with E-state index in [1.165, 1.54) is 48.2 Å². The number of thioether (sulfide) groups is 1. The molecule has 0 atom stereocenters. The topological polar surface area (TPSA) is 98.0 Å². The molecule has 0 unspecified atom stereocenters. The quantitative estimate of drug-likeness (QED) is 0.250. The van der Waals surface area contributed by atoms with Crippen molar-refractivity contribution in [3.8, 4) is 0 Å². The van der Waals surface area contributed by atoms with E-state index in [1.807, 2.05) is 0 Å². The molecular weight excluding hydrogens is 429 g/mol. The molecule has 2 aromatic carbocycles. The molecule has 29 heavy (non-hydrogen) atoms. The lowest BCUT2D eigenvalue weighted by Crippen LogP contribution is -2.11. The third-order valence-corrected chi connectivity index (χ3v) is 5.65. The highest BCUT2D eigenvalue weighted by Gasteiger charge is 2.29. The van der Waals surface area contributed by atoms with E-state index in [1.54, 1.807) is 0 Å². The zero-order valence-electron chi connectivity index (χ0n) is 14.3. The van der Waals surface area contributed by atoms with Crippen LogP contribution in [0, 0.1) is 10.1 Å². The van der Waals surface area contributed by atoms with Crippen molar-refractivity contribution in [2.24, 2.45) is 0 Å². The van der Waals surface area contributed by atoms with Crippen LogP contribution in [0.4, 0.5) is 24.0 Å². The largest absolute Gasteiger partial charge is 0.416 e. The predicted octanol–water partition coefficient (Wildman–Crippen LogP) is 5.01. The number of amides is 1. The number of nitrogens with zero attached hydrogens (tertiary/aromatic N) is 3. The molecule has 0 spiro atoms. The summed E-state index contributed by atoms with van der Waals surface area (Å²) in [7, 11) is 0. The highest BCUT2D eigenvalue weighted by atomic mass is 32.2. The van der Waals surface area contributed by atoms with Gasteiger partial charge in [0.2, 0.25) is 5.13 Å². The number of aromatic nitrogens is 2. The van der Waals surface area contributed by atoms with Gasteiger partial charge in [-0.3, -0.25) is 20.2 Å². The van der Waals surface area contributed by atoms with Crippen LogP contribution in [0.25, 0.3) is 0 Å². The summed E-state index contributed by atoms with van der Waals surface area (Å²) in [6, 6.07) is 9.93. The van der Waals surface area contributed by atoms with Crippen LogP contribution in [0.2, 0.25) is 0 Å². The van der Waals surface area contributed by atoms with Crippen LogP contribution < -0.4 is 5.32 Å². The molecule has 7 nitrogen and oxygen atoms in total. The van der Waals surface area contributed by atoms with Crippen molar-refractivity contribution >= 4 is 39.8 Å². The second-order valence-corrected chi connectivity index (χ2v) is 7.81. The number of benzene rings is 2. The van der Waals surface area contributed by atoms with E-state index in [0.717, 1.165) is 23.5 Å². The average molecular weight is 440 g/mol. The van der Waals surface area contributed by atoms with Crippen molar-refractivity contribution < 1.29 is 22.9 Å². The van der Waals surface area contributed by atoms with E-state index in [4.69, 9.17) is 0 Å². The van der Waals surface area contributed by atoms with Gasteiger partial charge < -0.3 is 0 Å². The molecule has 3 rings (SSSR count). The highest BCUT2D eigenvalue weighted by molar-refractivity contribution is 8.00. The number of halogens is 3. The summed E-state index contributed by atoms with van der Waals surface area (Å²) in [5.74, 6) is -0.0985. The fourth-order valence-corrected chi connectivity index (χ4v) is 3.86. The Kier molecular flexibility index (Phi) is 6.13. The van der Waals surface area contributed by atoms with Crippen molar-refractivity contribution in [2.45, 2.75) is 16.3 Å². The Labute approximate surface area is 170 Å². The summed E-state index contributed by atoms with van der Waals surface area (Å²) in [5.41, 5.74) is 0.0808. The van der Waals surface area contributed by atoms with Crippen LogP contribution in [0.15, 0.2) is 52.9 Å². The molecule has 0 aliphatic carbocycles. The minimum atomic E-state index is -4.37. The molecule has 1 N–H and O–H groups in total. The third-order valence-electron chi connectivity index (χ3n) is 3.61. The first-order valence-electron chi connectivity index (χ1n) is 7.90. The molecule has 0 aliphatic rings. The highest BCUT2D eigenvalue weighted by Crippen LogP contribution is 2.31. The van der Waals surface area contributed by atoms with Gasteiger partial charge in [0.1, 0.15) is 0 Å². The summed E-state index contributed by atoms with van der Waals surface area (Å²) in [5, 5.41) is 21.2. The van der Waals surface area contributed by atoms with Crippen molar-refractivity contribution in [3.05, 3.63) is 75.3 Å². The molecule has 1 amide bonds. The lowest BCUT2D eigenvalue weighted by atomic mass is 10.1. The Hall–Kier alpha value is -2.99. The van der Waals surface area contributed by atoms with Crippen molar-refractivity contribution in [1.29, 1.82) is 0 Å². The summed E-state index contributed by atoms with van der Waals surface area (Å²) in [6.45, 7) is 0. The Morgan fingerprint density at radius 2 is 1.76 bits per heavy atom. The number of rotatable bonds is 6. The zero-order valence-corrected chi connectivity index (χ0v) is 16.0. The number of hydrogen-bond donors (Lipinski definition) is 1. The van der Waals surface area contributed by atoms with Gasteiger partial charge in [0.25, 0.3) is 11.6 Å². The van der Waals surface area contributed by atoms with Crippen molar-refractivity contribution in [2.75, 3.05) is 5.32 Å². The van der Waals surface area contributed by atoms with Crippen molar-refractivity contribution in [3.63, 3.8) is 0 Å². The van der Waals surface area contributed by atoms with E-state index in [2.05, 4.69) is 15.5 Å². The summed E-state index contributed by atoms with van der Waals surface area (Å²) >= 11 is 2.38. The summed E-state index contributed by atoms with van der Waals surface area (Å²) < 4.78 is 38.2. The number of nitro benzene ring substituents is 1. The normalized spacial score (nSPS) is 11.3. The first-order valence-corrected chi connectivity index (χ1v) is 9.71. The molecule has 0 bridgehead atoms. The monoisotopic (exact) mass is 440 g/mol. The molecular formula is C17H11F3N4O3S2. The summed E-state index contributed by atoms with van der Waals surface area (Å²) in [6.07, 6.45) is -4.37. The molecule has 0 radical (unpaired) electrons. The Morgan fingerprint density at radius 1 is 1.10 bits per heavy atom. The molecule has 3 aromatic rings. The fourth-order valence-electron chi connectivity index (χ4n) is 2.16. The Bertz CT molecular complexity index is 1020. The van der Waals surface area contributed by atoms with Crippen LogP contribution in [0.5, 0.6) is 0 Å². The van der Waals surface area contributed by atoms with E-state index in [-0.39, 0.29) is 16.4 Å². The van der Waals surface area contributed by atoms with Crippen LogP contribution in [0.3, 0.4) is 0 Å². The number of non-ortho nitro benzene ring substituents is 1. The third kappa shape index (κ3) is 5.51. The van der Waals surface area contributed by atoms with Crippen LogP contribution in [-0.2, 0) is 11.9 Å². The van der Waals surface area contributed by atoms with E-state index in [0.29, 0.717) is 15.7 Å².